The summed E-state index contributed by atoms with van der Waals surface area (Å²) in [5.41, 5.74) is 0.465. The number of benzene rings is 1. The zero-order valence-corrected chi connectivity index (χ0v) is 12.9. The van der Waals surface area contributed by atoms with Crippen LogP contribution in [0.3, 0.4) is 0 Å². The Morgan fingerprint density at radius 2 is 1.86 bits per heavy atom. The van der Waals surface area contributed by atoms with Crippen LogP contribution in [0.5, 0.6) is 5.75 Å². The SMILES string of the molecule is CC(C)(C)OCCC(=O)Nc1ccc(OCCCF)cc1. The van der Waals surface area contributed by atoms with Crippen LogP contribution in [0, 0.1) is 0 Å². The molecule has 0 unspecified atom stereocenters. The van der Waals surface area contributed by atoms with Crippen LogP contribution in [-0.2, 0) is 9.53 Å². The fourth-order valence-corrected chi connectivity index (χ4v) is 1.55. The second kappa shape index (κ2) is 8.62. The number of anilines is 1. The van der Waals surface area contributed by atoms with E-state index in [0.717, 1.165) is 0 Å². The van der Waals surface area contributed by atoms with E-state index in [0.29, 0.717) is 37.5 Å². The monoisotopic (exact) mass is 297 g/mol. The summed E-state index contributed by atoms with van der Waals surface area (Å²) in [6.45, 7) is 6.21. The normalized spacial score (nSPS) is 11.2. The number of carbonyl (C=O) groups excluding carboxylic acids is 1. The average Bonchev–Trinajstić information content (AvgIpc) is 2.39. The van der Waals surface area contributed by atoms with Gasteiger partial charge in [0.2, 0.25) is 5.91 Å². The van der Waals surface area contributed by atoms with Crippen LogP contribution >= 0.6 is 0 Å². The molecule has 0 fully saturated rings. The van der Waals surface area contributed by atoms with Gasteiger partial charge in [-0.25, -0.2) is 0 Å². The van der Waals surface area contributed by atoms with Gasteiger partial charge in [0, 0.05) is 12.1 Å². The Hall–Kier alpha value is -1.62. The van der Waals surface area contributed by atoms with Gasteiger partial charge < -0.3 is 14.8 Å². The molecule has 21 heavy (non-hydrogen) atoms. The first-order chi connectivity index (χ1) is 9.90. The van der Waals surface area contributed by atoms with Crippen LogP contribution < -0.4 is 10.1 Å². The van der Waals surface area contributed by atoms with E-state index in [9.17, 15) is 9.18 Å². The fourth-order valence-electron chi connectivity index (χ4n) is 1.55. The summed E-state index contributed by atoms with van der Waals surface area (Å²) in [6, 6.07) is 7.01. The molecule has 1 N–H and O–H groups in total. The molecular formula is C16H24FNO3. The maximum Gasteiger partial charge on any atom is 0.226 e. The summed E-state index contributed by atoms with van der Waals surface area (Å²) in [7, 11) is 0. The van der Waals surface area contributed by atoms with E-state index in [1.807, 2.05) is 20.8 Å². The second-order valence-corrected chi connectivity index (χ2v) is 5.67. The molecule has 0 saturated heterocycles. The van der Waals surface area contributed by atoms with E-state index >= 15 is 0 Å². The van der Waals surface area contributed by atoms with E-state index in [-0.39, 0.29) is 18.2 Å². The fraction of sp³-hybridized carbons (Fsp3) is 0.562. The summed E-state index contributed by atoms with van der Waals surface area (Å²) in [6.07, 6.45) is 0.693. The first-order valence-electron chi connectivity index (χ1n) is 7.13. The van der Waals surface area contributed by atoms with Crippen molar-refractivity contribution in [1.82, 2.24) is 0 Å². The molecule has 0 aliphatic carbocycles. The molecule has 1 aromatic carbocycles. The molecule has 0 saturated carbocycles. The lowest BCUT2D eigenvalue weighted by Gasteiger charge is -2.19. The standard InChI is InChI=1S/C16H24FNO3/c1-16(2,3)21-12-9-15(19)18-13-5-7-14(8-6-13)20-11-4-10-17/h5-8H,4,9-12H2,1-3H3,(H,18,19). The molecule has 118 valence electrons. The van der Waals surface area contributed by atoms with E-state index in [4.69, 9.17) is 9.47 Å². The summed E-state index contributed by atoms with van der Waals surface area (Å²) < 4.78 is 22.8. The minimum atomic E-state index is -0.384. The van der Waals surface area contributed by atoms with Gasteiger partial charge in [0.05, 0.1) is 31.9 Å². The van der Waals surface area contributed by atoms with Gasteiger partial charge in [-0.05, 0) is 45.0 Å². The molecule has 1 aromatic rings. The maximum absolute atomic E-state index is 11.9. The quantitative estimate of drug-likeness (QED) is 0.746. The van der Waals surface area contributed by atoms with E-state index < -0.39 is 0 Å². The van der Waals surface area contributed by atoms with Gasteiger partial charge in [0.25, 0.3) is 0 Å². The van der Waals surface area contributed by atoms with Crippen molar-refractivity contribution in [2.45, 2.75) is 39.2 Å². The molecule has 0 bridgehead atoms. The third-order valence-electron chi connectivity index (χ3n) is 2.55. The molecule has 1 amide bonds. The van der Waals surface area contributed by atoms with Crippen LogP contribution in [0.25, 0.3) is 0 Å². The Balaban J connectivity index is 2.32. The van der Waals surface area contributed by atoms with Crippen molar-refractivity contribution in [3.63, 3.8) is 0 Å². The lowest BCUT2D eigenvalue weighted by molar-refractivity contribution is -0.118. The maximum atomic E-state index is 11.9. The van der Waals surface area contributed by atoms with Crippen LogP contribution in [0.4, 0.5) is 10.1 Å². The summed E-state index contributed by atoms with van der Waals surface area (Å²) in [5.74, 6) is 0.572. The number of hydrogen-bond acceptors (Lipinski definition) is 3. The van der Waals surface area contributed by atoms with Gasteiger partial charge in [-0.1, -0.05) is 0 Å². The zero-order chi connectivity index (χ0) is 15.7. The highest BCUT2D eigenvalue weighted by Gasteiger charge is 2.11. The molecule has 0 radical (unpaired) electrons. The largest absolute Gasteiger partial charge is 0.493 e. The highest BCUT2D eigenvalue weighted by molar-refractivity contribution is 5.90. The number of halogens is 1. The van der Waals surface area contributed by atoms with Gasteiger partial charge in [0.1, 0.15) is 5.75 Å². The highest BCUT2D eigenvalue weighted by Crippen LogP contribution is 2.16. The van der Waals surface area contributed by atoms with Crippen molar-refractivity contribution >= 4 is 11.6 Å². The minimum Gasteiger partial charge on any atom is -0.493 e. The summed E-state index contributed by atoms with van der Waals surface area (Å²) >= 11 is 0. The first kappa shape index (κ1) is 17.4. The first-order valence-corrected chi connectivity index (χ1v) is 7.13. The molecule has 0 aliphatic heterocycles. The molecule has 4 nitrogen and oxygen atoms in total. The number of alkyl halides is 1. The van der Waals surface area contributed by atoms with E-state index in [1.165, 1.54) is 0 Å². The Kier molecular flexibility index (Phi) is 7.15. The minimum absolute atomic E-state index is 0.0923. The van der Waals surface area contributed by atoms with Crippen molar-refractivity contribution in [3.8, 4) is 5.75 Å². The zero-order valence-electron chi connectivity index (χ0n) is 12.9. The molecular weight excluding hydrogens is 273 g/mol. The lowest BCUT2D eigenvalue weighted by Crippen LogP contribution is -2.22. The molecule has 1 rings (SSSR count). The van der Waals surface area contributed by atoms with Gasteiger partial charge in [-0.2, -0.15) is 0 Å². The lowest BCUT2D eigenvalue weighted by atomic mass is 10.2. The molecule has 0 aliphatic rings. The predicted molar refractivity (Wildman–Crippen MR) is 81.5 cm³/mol. The van der Waals surface area contributed by atoms with Gasteiger partial charge in [-0.15, -0.1) is 0 Å². The van der Waals surface area contributed by atoms with Crippen molar-refractivity contribution in [3.05, 3.63) is 24.3 Å². The summed E-state index contributed by atoms with van der Waals surface area (Å²) in [5, 5.41) is 2.79. The number of amides is 1. The van der Waals surface area contributed by atoms with Crippen LogP contribution in [-0.4, -0.2) is 31.4 Å². The van der Waals surface area contributed by atoms with Crippen LogP contribution in [0.15, 0.2) is 24.3 Å². The van der Waals surface area contributed by atoms with Crippen molar-refractivity contribution in [1.29, 1.82) is 0 Å². The molecule has 0 spiro atoms. The number of rotatable bonds is 8. The van der Waals surface area contributed by atoms with Gasteiger partial charge in [0.15, 0.2) is 0 Å². The number of nitrogens with one attached hydrogen (secondary N) is 1. The molecule has 5 heteroatoms. The Morgan fingerprint density at radius 1 is 1.19 bits per heavy atom. The summed E-state index contributed by atoms with van der Waals surface area (Å²) in [4.78, 5) is 11.7. The molecule has 0 atom stereocenters. The van der Waals surface area contributed by atoms with Gasteiger partial charge in [-0.3, -0.25) is 9.18 Å². The second-order valence-electron chi connectivity index (χ2n) is 5.67. The van der Waals surface area contributed by atoms with Gasteiger partial charge >= 0.3 is 0 Å². The van der Waals surface area contributed by atoms with Crippen molar-refractivity contribution in [2.24, 2.45) is 0 Å². The topological polar surface area (TPSA) is 47.6 Å². The smallest absolute Gasteiger partial charge is 0.226 e. The van der Waals surface area contributed by atoms with Crippen LogP contribution in [0.2, 0.25) is 0 Å². The van der Waals surface area contributed by atoms with Crippen molar-refractivity contribution in [2.75, 3.05) is 25.2 Å². The number of carbonyl (C=O) groups is 1. The Labute approximate surface area is 125 Å². The van der Waals surface area contributed by atoms with Crippen molar-refractivity contribution < 1.29 is 18.7 Å². The third-order valence-corrected chi connectivity index (χ3v) is 2.55. The number of ether oxygens (including phenoxy) is 2. The van der Waals surface area contributed by atoms with E-state index in [1.54, 1.807) is 24.3 Å². The Morgan fingerprint density at radius 3 is 2.43 bits per heavy atom. The Bertz CT molecular complexity index is 426. The molecule has 0 aromatic heterocycles. The number of hydrogen-bond donors (Lipinski definition) is 1. The highest BCUT2D eigenvalue weighted by atomic mass is 19.1. The van der Waals surface area contributed by atoms with Crippen LogP contribution in [0.1, 0.15) is 33.6 Å². The third kappa shape index (κ3) is 8.30. The van der Waals surface area contributed by atoms with E-state index in [2.05, 4.69) is 5.32 Å². The molecule has 0 heterocycles. The average molecular weight is 297 g/mol. The predicted octanol–water partition coefficient (Wildman–Crippen LogP) is 3.57.